The van der Waals surface area contributed by atoms with Gasteiger partial charge >= 0.3 is 7.60 Å². The van der Waals surface area contributed by atoms with Crippen molar-refractivity contribution in [3.63, 3.8) is 0 Å². The van der Waals surface area contributed by atoms with Crippen LogP contribution in [0.3, 0.4) is 0 Å². The van der Waals surface area contributed by atoms with Gasteiger partial charge < -0.3 is 9.79 Å². The minimum atomic E-state index is -4.31. The summed E-state index contributed by atoms with van der Waals surface area (Å²) in [4.78, 5) is 27.9. The molecule has 6 nitrogen and oxygen atoms in total. The first kappa shape index (κ1) is 23.3. The van der Waals surface area contributed by atoms with Crippen LogP contribution in [0.2, 0.25) is 0 Å². The van der Waals surface area contributed by atoms with Crippen molar-refractivity contribution in [3.05, 3.63) is 108 Å². The maximum absolute atomic E-state index is 13.0. The molecule has 2 heterocycles. The Labute approximate surface area is 204 Å². The molecule has 0 amide bonds. The smallest absolute Gasteiger partial charge is 0.321 e. The van der Waals surface area contributed by atoms with Gasteiger partial charge in [-0.15, -0.1) is 0 Å². The van der Waals surface area contributed by atoms with E-state index in [0.29, 0.717) is 21.9 Å². The molecule has 2 N–H and O–H groups in total. The molecule has 0 spiro atoms. The highest BCUT2D eigenvalue weighted by Crippen LogP contribution is 2.38. The summed E-state index contributed by atoms with van der Waals surface area (Å²) in [7, 11) is -5.57. The van der Waals surface area contributed by atoms with Gasteiger partial charge in [0.15, 0.2) is 0 Å². The van der Waals surface area contributed by atoms with Gasteiger partial charge in [0, 0.05) is 29.2 Å². The first-order chi connectivity index (χ1) is 16.9. The number of hydrogen-bond acceptors (Lipinski definition) is 4. The lowest BCUT2D eigenvalue weighted by Crippen LogP contribution is -1.99. The third kappa shape index (κ3) is 5.29. The zero-order chi connectivity index (χ0) is 24.4. The summed E-state index contributed by atoms with van der Waals surface area (Å²) in [5, 5.41) is 2.99. The second-order valence-electron chi connectivity index (χ2n) is 8.06. The fourth-order valence-electron chi connectivity index (χ4n) is 4.04. The number of pyridine rings is 2. The van der Waals surface area contributed by atoms with Crippen molar-refractivity contribution >= 4 is 46.1 Å². The van der Waals surface area contributed by atoms with E-state index in [1.165, 1.54) is 6.08 Å². The van der Waals surface area contributed by atoms with E-state index in [1.54, 1.807) is 30.6 Å². The Hall–Kier alpha value is -3.48. The zero-order valence-electron chi connectivity index (χ0n) is 18.5. The lowest BCUT2D eigenvalue weighted by molar-refractivity contribution is 0.386. The van der Waals surface area contributed by atoms with Crippen molar-refractivity contribution in [2.24, 2.45) is 0 Å². The standard InChI is InChI=1S/C27H21N2O4PS/c30-34(31,32)14-12-22-11-10-21-15-19(18-35(33)23-7-4-13-28-17-23)16-26(27(21)29-22)25-9-3-6-20-5-1-2-8-24(20)25/h1-17H,18H2,(H2,30,31,32)/b14-12+. The molecule has 0 radical (unpaired) electrons. The number of benzene rings is 3. The van der Waals surface area contributed by atoms with Crippen molar-refractivity contribution < 1.29 is 18.6 Å². The van der Waals surface area contributed by atoms with E-state index in [2.05, 4.69) is 11.1 Å². The predicted octanol–water partition coefficient (Wildman–Crippen LogP) is 5.91. The second-order valence-corrected chi connectivity index (χ2v) is 11.0. The maximum Gasteiger partial charge on any atom is 0.349 e. The Morgan fingerprint density at radius 2 is 1.71 bits per heavy atom. The highest BCUT2D eigenvalue weighted by Gasteiger charge is 2.14. The topological polar surface area (TPSA) is 100 Å². The average Bonchev–Trinajstić information content (AvgIpc) is 2.87. The third-order valence-electron chi connectivity index (χ3n) is 5.59. The molecule has 1 atom stereocenters. The number of aromatic nitrogens is 2. The number of hydrogen-bond donors (Lipinski definition) is 2. The summed E-state index contributed by atoms with van der Waals surface area (Å²) < 4.78 is 24.3. The van der Waals surface area contributed by atoms with Crippen LogP contribution in [0.1, 0.15) is 11.3 Å². The predicted molar refractivity (Wildman–Crippen MR) is 140 cm³/mol. The Morgan fingerprint density at radius 1 is 0.886 bits per heavy atom. The average molecular weight is 501 g/mol. The van der Waals surface area contributed by atoms with Gasteiger partial charge in [0.1, 0.15) is 0 Å². The van der Waals surface area contributed by atoms with E-state index in [4.69, 9.17) is 4.98 Å². The second kappa shape index (κ2) is 9.64. The molecule has 0 bridgehead atoms. The van der Waals surface area contributed by atoms with Gasteiger partial charge in [0.05, 0.1) is 32.7 Å². The van der Waals surface area contributed by atoms with Gasteiger partial charge in [-0.25, -0.2) is 4.98 Å². The van der Waals surface area contributed by atoms with Gasteiger partial charge in [-0.1, -0.05) is 48.5 Å². The Kier molecular flexibility index (Phi) is 6.41. The molecule has 0 saturated carbocycles. The lowest BCUT2D eigenvalue weighted by Gasteiger charge is -2.13. The SMILES string of the molecule is O=S(Cc1cc(-c2cccc3ccccc23)c2nc(/C=C/P(=O)(O)O)ccc2c1)c1cccnc1. The van der Waals surface area contributed by atoms with E-state index < -0.39 is 18.4 Å². The molecule has 0 aliphatic carbocycles. The highest BCUT2D eigenvalue weighted by molar-refractivity contribution is 7.84. The first-order valence-electron chi connectivity index (χ1n) is 10.8. The Balaban J connectivity index is 1.69. The normalized spacial score (nSPS) is 13.0. The molecule has 174 valence electrons. The Bertz CT molecular complexity index is 1640. The minimum absolute atomic E-state index is 0.319. The summed E-state index contributed by atoms with van der Waals surface area (Å²) in [6.07, 6.45) is 4.60. The van der Waals surface area contributed by atoms with Crippen LogP contribution < -0.4 is 0 Å². The van der Waals surface area contributed by atoms with Crippen molar-refractivity contribution in [2.75, 3.05) is 0 Å². The molecule has 0 fully saturated rings. The molecule has 2 aromatic heterocycles. The third-order valence-corrected chi connectivity index (χ3v) is 7.49. The molecule has 35 heavy (non-hydrogen) atoms. The molecule has 5 aromatic rings. The van der Waals surface area contributed by atoms with Gasteiger partial charge in [0.25, 0.3) is 0 Å². The van der Waals surface area contributed by atoms with Crippen LogP contribution in [-0.2, 0) is 21.1 Å². The summed E-state index contributed by atoms with van der Waals surface area (Å²) in [5.74, 6) is 1.17. The summed E-state index contributed by atoms with van der Waals surface area (Å²) in [5.41, 5.74) is 3.87. The molecule has 1 unspecified atom stereocenters. The van der Waals surface area contributed by atoms with Gasteiger partial charge in [0.2, 0.25) is 0 Å². The van der Waals surface area contributed by atoms with Gasteiger partial charge in [-0.05, 0) is 58.3 Å². The largest absolute Gasteiger partial charge is 0.349 e. The highest BCUT2D eigenvalue weighted by atomic mass is 32.2. The number of fused-ring (bicyclic) bond motifs is 2. The van der Waals surface area contributed by atoms with E-state index in [9.17, 15) is 18.6 Å². The van der Waals surface area contributed by atoms with Crippen LogP contribution in [0.15, 0.2) is 102 Å². The maximum atomic E-state index is 13.0. The number of nitrogens with zero attached hydrogens (tertiary/aromatic N) is 2. The summed E-state index contributed by atoms with van der Waals surface area (Å²) in [6, 6.07) is 25.2. The van der Waals surface area contributed by atoms with Crippen molar-refractivity contribution in [2.45, 2.75) is 10.6 Å². The van der Waals surface area contributed by atoms with Crippen LogP contribution in [0, 0.1) is 0 Å². The molecule has 8 heteroatoms. The van der Waals surface area contributed by atoms with Crippen molar-refractivity contribution in [1.29, 1.82) is 0 Å². The molecule has 5 rings (SSSR count). The quantitative estimate of drug-likeness (QED) is 0.281. The van der Waals surface area contributed by atoms with Crippen molar-refractivity contribution in [3.8, 4) is 11.1 Å². The van der Waals surface area contributed by atoms with E-state index >= 15 is 0 Å². The lowest BCUT2D eigenvalue weighted by atomic mass is 9.94. The summed E-state index contributed by atoms with van der Waals surface area (Å²) in [6.45, 7) is 0. The Morgan fingerprint density at radius 3 is 2.51 bits per heavy atom. The van der Waals surface area contributed by atoms with Crippen LogP contribution in [-0.4, -0.2) is 24.0 Å². The minimum Gasteiger partial charge on any atom is -0.321 e. The first-order valence-corrected chi connectivity index (χ1v) is 13.8. The van der Waals surface area contributed by atoms with Crippen LogP contribution in [0.5, 0.6) is 0 Å². The van der Waals surface area contributed by atoms with Crippen molar-refractivity contribution in [1.82, 2.24) is 9.97 Å². The molecule has 0 aliphatic heterocycles. The molecular formula is C27H21N2O4PS. The van der Waals surface area contributed by atoms with E-state index in [0.717, 1.165) is 38.7 Å². The van der Waals surface area contributed by atoms with Crippen LogP contribution in [0.4, 0.5) is 0 Å². The van der Waals surface area contributed by atoms with E-state index in [1.807, 2.05) is 54.6 Å². The monoisotopic (exact) mass is 500 g/mol. The van der Waals surface area contributed by atoms with Crippen LogP contribution in [0.25, 0.3) is 38.9 Å². The zero-order valence-corrected chi connectivity index (χ0v) is 20.2. The van der Waals surface area contributed by atoms with Gasteiger partial charge in [-0.3, -0.25) is 13.8 Å². The fraction of sp³-hybridized carbons (Fsp3) is 0.0370. The van der Waals surface area contributed by atoms with Gasteiger partial charge in [-0.2, -0.15) is 0 Å². The number of rotatable bonds is 6. The molecule has 0 saturated heterocycles. The molecular weight excluding hydrogens is 479 g/mol. The molecule has 0 aliphatic rings. The summed E-state index contributed by atoms with van der Waals surface area (Å²) >= 11 is 0. The fourth-order valence-corrected chi connectivity index (χ4v) is 5.44. The van der Waals surface area contributed by atoms with E-state index in [-0.39, 0.29) is 0 Å². The van der Waals surface area contributed by atoms with Crippen LogP contribution >= 0.6 is 7.60 Å². The molecule has 3 aromatic carbocycles.